The summed E-state index contributed by atoms with van der Waals surface area (Å²) >= 11 is 3.51. The Kier molecular flexibility index (Phi) is 2.58. The van der Waals surface area contributed by atoms with Crippen LogP contribution in [0.15, 0.2) is 12.3 Å². The van der Waals surface area contributed by atoms with E-state index < -0.39 is 0 Å². The predicted octanol–water partition coefficient (Wildman–Crippen LogP) is 1.03. The summed E-state index contributed by atoms with van der Waals surface area (Å²) in [4.78, 5) is 14.2. The molecule has 1 aromatic rings. The van der Waals surface area contributed by atoms with E-state index in [2.05, 4.69) is 21.0 Å². The Hall–Kier alpha value is -0.840. The maximum absolute atomic E-state index is 11.9. The molecule has 1 aromatic heterocycles. The molecule has 76 valence electrons. The Morgan fingerprint density at radius 2 is 2.50 bits per heavy atom. The summed E-state index contributed by atoms with van der Waals surface area (Å²) in [6, 6.07) is 1.75. The summed E-state index contributed by atoms with van der Waals surface area (Å²) in [5.74, 6) is 0.0759. The molecule has 14 heavy (non-hydrogen) atoms. The standard InChI is InChI=1S/C9H12BrN3O/c1-12-8(2-4-11-12)9(14)13-5-3-7(10)6-13/h2,4,7H,3,5-6H2,1H3. The Balaban J connectivity index is 2.13. The molecule has 5 heteroatoms. The molecule has 1 aliphatic heterocycles. The second-order valence-electron chi connectivity index (χ2n) is 3.48. The number of carbonyl (C=O) groups excluding carboxylic acids is 1. The predicted molar refractivity (Wildman–Crippen MR) is 56.4 cm³/mol. The van der Waals surface area contributed by atoms with Gasteiger partial charge >= 0.3 is 0 Å². The lowest BCUT2D eigenvalue weighted by Gasteiger charge is -2.15. The van der Waals surface area contributed by atoms with Gasteiger partial charge in [0.25, 0.3) is 5.91 Å². The Labute approximate surface area is 91.0 Å². The first-order valence-electron chi connectivity index (χ1n) is 4.60. The normalized spacial score (nSPS) is 21.6. The number of alkyl halides is 1. The van der Waals surface area contributed by atoms with Crippen LogP contribution in [-0.4, -0.2) is 38.5 Å². The molecule has 1 unspecified atom stereocenters. The summed E-state index contributed by atoms with van der Waals surface area (Å²) in [5, 5.41) is 3.99. The zero-order valence-electron chi connectivity index (χ0n) is 7.98. The summed E-state index contributed by atoms with van der Waals surface area (Å²) in [6.45, 7) is 1.63. The molecule has 0 aromatic carbocycles. The lowest BCUT2D eigenvalue weighted by molar-refractivity contribution is 0.0782. The van der Waals surface area contributed by atoms with E-state index in [0.717, 1.165) is 19.5 Å². The third-order valence-electron chi connectivity index (χ3n) is 2.46. The molecular formula is C9H12BrN3O. The smallest absolute Gasteiger partial charge is 0.272 e. The average Bonchev–Trinajstić information content (AvgIpc) is 2.73. The van der Waals surface area contributed by atoms with Gasteiger partial charge in [-0.3, -0.25) is 9.48 Å². The van der Waals surface area contributed by atoms with Crippen LogP contribution in [0.3, 0.4) is 0 Å². The maximum atomic E-state index is 11.9. The van der Waals surface area contributed by atoms with Gasteiger partial charge in [-0.15, -0.1) is 0 Å². The topological polar surface area (TPSA) is 38.1 Å². The van der Waals surface area contributed by atoms with Crippen molar-refractivity contribution >= 4 is 21.8 Å². The SMILES string of the molecule is Cn1nccc1C(=O)N1CCC(Br)C1. The average molecular weight is 258 g/mol. The molecule has 2 heterocycles. The van der Waals surface area contributed by atoms with Crippen molar-refractivity contribution in [1.82, 2.24) is 14.7 Å². The Morgan fingerprint density at radius 3 is 3.00 bits per heavy atom. The molecular weight excluding hydrogens is 246 g/mol. The first-order chi connectivity index (χ1) is 6.68. The molecule has 0 radical (unpaired) electrons. The van der Waals surface area contributed by atoms with E-state index in [4.69, 9.17) is 0 Å². The van der Waals surface area contributed by atoms with Crippen LogP contribution in [0.2, 0.25) is 0 Å². The van der Waals surface area contributed by atoms with E-state index in [1.54, 1.807) is 24.0 Å². The zero-order valence-corrected chi connectivity index (χ0v) is 9.57. The van der Waals surface area contributed by atoms with Crippen molar-refractivity contribution in [2.45, 2.75) is 11.2 Å². The molecule has 4 nitrogen and oxygen atoms in total. The summed E-state index contributed by atoms with van der Waals surface area (Å²) < 4.78 is 1.61. The van der Waals surface area contributed by atoms with Crippen LogP contribution in [-0.2, 0) is 7.05 Å². The number of carbonyl (C=O) groups is 1. The molecule has 1 fully saturated rings. The molecule has 0 bridgehead atoms. The molecule has 1 amide bonds. The second kappa shape index (κ2) is 3.73. The van der Waals surface area contributed by atoms with Crippen molar-refractivity contribution in [1.29, 1.82) is 0 Å². The minimum absolute atomic E-state index is 0.0759. The van der Waals surface area contributed by atoms with Gasteiger partial charge in [0.2, 0.25) is 0 Å². The number of nitrogens with zero attached hydrogens (tertiary/aromatic N) is 3. The van der Waals surface area contributed by atoms with E-state index in [1.807, 2.05) is 4.90 Å². The van der Waals surface area contributed by atoms with Crippen molar-refractivity contribution in [2.75, 3.05) is 13.1 Å². The van der Waals surface area contributed by atoms with Crippen LogP contribution in [0.4, 0.5) is 0 Å². The van der Waals surface area contributed by atoms with Crippen molar-refractivity contribution in [3.8, 4) is 0 Å². The van der Waals surface area contributed by atoms with Gasteiger partial charge < -0.3 is 4.90 Å². The van der Waals surface area contributed by atoms with Gasteiger partial charge in [-0.1, -0.05) is 15.9 Å². The second-order valence-corrected chi connectivity index (χ2v) is 4.77. The van der Waals surface area contributed by atoms with Crippen molar-refractivity contribution in [3.05, 3.63) is 18.0 Å². The fourth-order valence-electron chi connectivity index (χ4n) is 1.65. The number of aromatic nitrogens is 2. The first kappa shape index (κ1) is 9.71. The van der Waals surface area contributed by atoms with Gasteiger partial charge in [-0.25, -0.2) is 0 Å². The van der Waals surface area contributed by atoms with Crippen LogP contribution in [0.1, 0.15) is 16.9 Å². The first-order valence-corrected chi connectivity index (χ1v) is 5.51. The third kappa shape index (κ3) is 1.68. The highest BCUT2D eigenvalue weighted by atomic mass is 79.9. The highest BCUT2D eigenvalue weighted by molar-refractivity contribution is 9.09. The number of halogens is 1. The Bertz CT molecular complexity index is 350. The lowest BCUT2D eigenvalue weighted by Crippen LogP contribution is -2.30. The number of hydrogen-bond donors (Lipinski definition) is 0. The Morgan fingerprint density at radius 1 is 1.71 bits per heavy atom. The number of amides is 1. The fraction of sp³-hybridized carbons (Fsp3) is 0.556. The van der Waals surface area contributed by atoms with Gasteiger partial charge in [0, 0.05) is 31.2 Å². The molecule has 1 aliphatic rings. The van der Waals surface area contributed by atoms with Crippen LogP contribution < -0.4 is 0 Å². The molecule has 2 rings (SSSR count). The van der Waals surface area contributed by atoms with Gasteiger partial charge in [-0.05, 0) is 12.5 Å². The van der Waals surface area contributed by atoms with E-state index in [9.17, 15) is 4.79 Å². The van der Waals surface area contributed by atoms with Gasteiger partial charge in [0.1, 0.15) is 5.69 Å². The maximum Gasteiger partial charge on any atom is 0.272 e. The zero-order chi connectivity index (χ0) is 10.1. The number of aryl methyl sites for hydroxylation is 1. The minimum Gasteiger partial charge on any atom is -0.336 e. The van der Waals surface area contributed by atoms with Crippen LogP contribution in [0, 0.1) is 0 Å². The van der Waals surface area contributed by atoms with E-state index >= 15 is 0 Å². The molecule has 0 spiro atoms. The largest absolute Gasteiger partial charge is 0.336 e. The summed E-state index contributed by atoms with van der Waals surface area (Å²) in [6.07, 6.45) is 2.68. The molecule has 1 saturated heterocycles. The molecule has 0 N–H and O–H groups in total. The third-order valence-corrected chi connectivity index (χ3v) is 3.21. The van der Waals surface area contributed by atoms with E-state index in [-0.39, 0.29) is 5.91 Å². The quantitative estimate of drug-likeness (QED) is 0.705. The molecule has 0 saturated carbocycles. The van der Waals surface area contributed by atoms with Crippen LogP contribution in [0.5, 0.6) is 0 Å². The number of hydrogen-bond acceptors (Lipinski definition) is 2. The highest BCUT2D eigenvalue weighted by Crippen LogP contribution is 2.18. The lowest BCUT2D eigenvalue weighted by atomic mass is 10.4. The van der Waals surface area contributed by atoms with Crippen molar-refractivity contribution < 1.29 is 4.79 Å². The van der Waals surface area contributed by atoms with Crippen molar-refractivity contribution in [2.24, 2.45) is 7.05 Å². The monoisotopic (exact) mass is 257 g/mol. The van der Waals surface area contributed by atoms with Crippen LogP contribution in [0.25, 0.3) is 0 Å². The fourth-order valence-corrected chi connectivity index (χ4v) is 2.20. The van der Waals surface area contributed by atoms with Crippen LogP contribution >= 0.6 is 15.9 Å². The molecule has 1 atom stereocenters. The summed E-state index contributed by atoms with van der Waals surface area (Å²) in [7, 11) is 1.79. The van der Waals surface area contributed by atoms with Gasteiger partial charge in [0.15, 0.2) is 0 Å². The molecule has 0 aliphatic carbocycles. The van der Waals surface area contributed by atoms with Gasteiger partial charge in [0.05, 0.1) is 0 Å². The van der Waals surface area contributed by atoms with E-state index in [1.165, 1.54) is 0 Å². The highest BCUT2D eigenvalue weighted by Gasteiger charge is 2.26. The summed E-state index contributed by atoms with van der Waals surface area (Å²) in [5.41, 5.74) is 0.659. The number of rotatable bonds is 1. The van der Waals surface area contributed by atoms with Gasteiger partial charge in [-0.2, -0.15) is 5.10 Å². The van der Waals surface area contributed by atoms with E-state index in [0.29, 0.717) is 10.5 Å². The van der Waals surface area contributed by atoms with Crippen molar-refractivity contribution in [3.63, 3.8) is 0 Å². The minimum atomic E-state index is 0.0759. The number of likely N-dealkylation sites (tertiary alicyclic amines) is 1.